The highest BCUT2D eigenvalue weighted by molar-refractivity contribution is 5.68. The largest absolute Gasteiger partial charge is 0.481 e. The number of alkyl halides is 3. The van der Waals surface area contributed by atoms with Crippen LogP contribution in [0.15, 0.2) is 54.6 Å². The van der Waals surface area contributed by atoms with E-state index in [1.165, 1.54) is 12.1 Å². The number of rotatable bonds is 5. The van der Waals surface area contributed by atoms with E-state index in [1.807, 2.05) is 6.07 Å². The number of hydrogen-bond donors (Lipinski definition) is 1. The Hall–Kier alpha value is -2.81. The second-order valence-electron chi connectivity index (χ2n) is 5.35. The molecule has 1 N–H and O–H groups in total. The zero-order chi connectivity index (χ0) is 17.7. The Balaban J connectivity index is 2.49. The Morgan fingerprint density at radius 2 is 1.71 bits per heavy atom. The molecule has 24 heavy (non-hydrogen) atoms. The van der Waals surface area contributed by atoms with Gasteiger partial charge in [-0.1, -0.05) is 48.5 Å². The molecule has 6 heteroatoms. The van der Waals surface area contributed by atoms with Crippen LogP contribution in [0.4, 0.5) is 13.2 Å². The van der Waals surface area contributed by atoms with E-state index in [-0.39, 0.29) is 5.56 Å². The summed E-state index contributed by atoms with van der Waals surface area (Å²) in [5.74, 6) is -2.91. The minimum Gasteiger partial charge on any atom is -0.481 e. The van der Waals surface area contributed by atoms with Crippen LogP contribution in [0.5, 0.6) is 0 Å². The molecule has 0 saturated heterocycles. The van der Waals surface area contributed by atoms with Crippen LogP contribution in [0.25, 0.3) is 0 Å². The summed E-state index contributed by atoms with van der Waals surface area (Å²) in [5, 5.41) is 18.6. The number of carboxylic acids is 1. The van der Waals surface area contributed by atoms with Crippen LogP contribution in [0, 0.1) is 11.3 Å². The van der Waals surface area contributed by atoms with Crippen molar-refractivity contribution in [2.75, 3.05) is 0 Å². The lowest BCUT2D eigenvalue weighted by Gasteiger charge is -2.22. The van der Waals surface area contributed by atoms with Crippen LogP contribution in [0.2, 0.25) is 0 Å². The van der Waals surface area contributed by atoms with Gasteiger partial charge in [0, 0.05) is 5.92 Å². The minimum absolute atomic E-state index is 0.183. The minimum atomic E-state index is -4.53. The molecule has 124 valence electrons. The first-order valence-corrected chi connectivity index (χ1v) is 7.16. The first-order chi connectivity index (χ1) is 11.3. The average molecular weight is 333 g/mol. The maximum Gasteiger partial charge on any atom is 0.416 e. The summed E-state index contributed by atoms with van der Waals surface area (Å²) in [6.07, 6.45) is -4.97. The van der Waals surface area contributed by atoms with Gasteiger partial charge in [-0.15, -0.1) is 0 Å². The van der Waals surface area contributed by atoms with E-state index in [0.29, 0.717) is 5.56 Å². The van der Waals surface area contributed by atoms with Crippen LogP contribution >= 0.6 is 0 Å². The molecule has 2 unspecified atom stereocenters. The Labute approximate surface area is 137 Å². The van der Waals surface area contributed by atoms with Gasteiger partial charge in [0.25, 0.3) is 0 Å². The molecule has 0 aliphatic carbocycles. The summed E-state index contributed by atoms with van der Waals surface area (Å²) >= 11 is 0. The standard InChI is InChI=1S/C18H14F3NO2/c19-18(20,21)14-8-4-7-13(9-14)15(10-17(23)24)16(11-22)12-5-2-1-3-6-12/h1-9,15-16H,10H2,(H,23,24). The predicted molar refractivity (Wildman–Crippen MR) is 81.2 cm³/mol. The molecule has 2 rings (SSSR count). The molecule has 0 amide bonds. The van der Waals surface area contributed by atoms with Crippen molar-refractivity contribution in [3.8, 4) is 6.07 Å². The molecule has 0 radical (unpaired) electrons. The summed E-state index contributed by atoms with van der Waals surface area (Å²) in [6.45, 7) is 0. The van der Waals surface area contributed by atoms with Gasteiger partial charge >= 0.3 is 12.1 Å². The van der Waals surface area contributed by atoms with Crippen molar-refractivity contribution in [2.45, 2.75) is 24.4 Å². The van der Waals surface area contributed by atoms with Crippen molar-refractivity contribution in [2.24, 2.45) is 0 Å². The third kappa shape index (κ3) is 4.13. The van der Waals surface area contributed by atoms with Gasteiger partial charge in [0.05, 0.1) is 24.0 Å². The van der Waals surface area contributed by atoms with Crippen molar-refractivity contribution in [1.29, 1.82) is 5.26 Å². The van der Waals surface area contributed by atoms with E-state index in [0.717, 1.165) is 12.1 Å². The molecule has 0 spiro atoms. The molecule has 0 aliphatic rings. The summed E-state index contributed by atoms with van der Waals surface area (Å²) in [5.41, 5.74) is -0.105. The quantitative estimate of drug-likeness (QED) is 0.872. The Bertz CT molecular complexity index is 751. The average Bonchev–Trinajstić information content (AvgIpc) is 2.54. The fourth-order valence-corrected chi connectivity index (χ4v) is 2.62. The lowest BCUT2D eigenvalue weighted by molar-refractivity contribution is -0.138. The lowest BCUT2D eigenvalue weighted by Crippen LogP contribution is -2.15. The number of nitrogens with zero attached hydrogens (tertiary/aromatic N) is 1. The topological polar surface area (TPSA) is 61.1 Å². The summed E-state index contributed by atoms with van der Waals surface area (Å²) in [7, 11) is 0. The summed E-state index contributed by atoms with van der Waals surface area (Å²) in [6, 6.07) is 15.0. The number of hydrogen-bond acceptors (Lipinski definition) is 2. The monoisotopic (exact) mass is 333 g/mol. The molecule has 0 aliphatic heterocycles. The van der Waals surface area contributed by atoms with Gasteiger partial charge in [-0.2, -0.15) is 18.4 Å². The van der Waals surface area contributed by atoms with Crippen molar-refractivity contribution in [3.63, 3.8) is 0 Å². The lowest BCUT2D eigenvalue weighted by atomic mass is 9.80. The zero-order valence-electron chi connectivity index (χ0n) is 12.5. The van der Waals surface area contributed by atoms with E-state index >= 15 is 0 Å². The Morgan fingerprint density at radius 3 is 2.25 bits per heavy atom. The zero-order valence-corrected chi connectivity index (χ0v) is 12.5. The number of nitriles is 1. The molecular formula is C18H14F3NO2. The maximum atomic E-state index is 12.9. The second-order valence-corrected chi connectivity index (χ2v) is 5.35. The predicted octanol–water partition coefficient (Wildman–Crippen LogP) is 4.57. The van der Waals surface area contributed by atoms with Crippen molar-refractivity contribution < 1.29 is 23.1 Å². The van der Waals surface area contributed by atoms with Crippen LogP contribution in [-0.4, -0.2) is 11.1 Å². The molecule has 0 saturated carbocycles. The second kappa shape index (κ2) is 7.18. The fraction of sp³-hybridized carbons (Fsp3) is 0.222. The normalized spacial score (nSPS) is 13.8. The van der Waals surface area contributed by atoms with E-state index in [1.54, 1.807) is 30.3 Å². The van der Waals surface area contributed by atoms with Crippen molar-refractivity contribution in [1.82, 2.24) is 0 Å². The highest BCUT2D eigenvalue weighted by atomic mass is 19.4. The van der Waals surface area contributed by atoms with Gasteiger partial charge in [-0.25, -0.2) is 0 Å². The van der Waals surface area contributed by atoms with Crippen molar-refractivity contribution in [3.05, 3.63) is 71.3 Å². The van der Waals surface area contributed by atoms with Gasteiger partial charge in [-0.3, -0.25) is 4.79 Å². The Kier molecular flexibility index (Phi) is 5.24. The van der Waals surface area contributed by atoms with Gasteiger partial charge in [0.1, 0.15) is 0 Å². The van der Waals surface area contributed by atoms with E-state index in [2.05, 4.69) is 0 Å². The number of aliphatic carboxylic acids is 1. The van der Waals surface area contributed by atoms with E-state index in [4.69, 9.17) is 5.11 Å². The van der Waals surface area contributed by atoms with Gasteiger partial charge in [0.2, 0.25) is 0 Å². The molecule has 0 heterocycles. The first-order valence-electron chi connectivity index (χ1n) is 7.16. The summed E-state index contributed by atoms with van der Waals surface area (Å²) < 4.78 is 38.8. The molecule has 2 atom stereocenters. The fourth-order valence-electron chi connectivity index (χ4n) is 2.62. The third-order valence-corrected chi connectivity index (χ3v) is 3.74. The number of carboxylic acid groups (broad SMARTS) is 1. The molecular weight excluding hydrogens is 319 g/mol. The number of halogens is 3. The van der Waals surface area contributed by atoms with E-state index < -0.39 is 36.0 Å². The highest BCUT2D eigenvalue weighted by Crippen LogP contribution is 2.38. The summed E-state index contributed by atoms with van der Waals surface area (Å²) in [4.78, 5) is 11.2. The smallest absolute Gasteiger partial charge is 0.416 e. The molecule has 3 nitrogen and oxygen atoms in total. The maximum absolute atomic E-state index is 12.9. The van der Waals surface area contributed by atoms with Gasteiger partial charge in [0.15, 0.2) is 0 Å². The number of benzene rings is 2. The van der Waals surface area contributed by atoms with Gasteiger partial charge in [-0.05, 0) is 17.2 Å². The SMILES string of the molecule is N#CC(c1ccccc1)C(CC(=O)O)c1cccc(C(F)(F)F)c1. The van der Waals surface area contributed by atoms with Gasteiger partial charge < -0.3 is 5.11 Å². The van der Waals surface area contributed by atoms with Crippen LogP contribution in [0.3, 0.4) is 0 Å². The van der Waals surface area contributed by atoms with Crippen LogP contribution in [0.1, 0.15) is 34.9 Å². The van der Waals surface area contributed by atoms with E-state index in [9.17, 15) is 23.2 Å². The molecule has 2 aromatic rings. The molecule has 2 aromatic carbocycles. The van der Waals surface area contributed by atoms with Crippen LogP contribution < -0.4 is 0 Å². The van der Waals surface area contributed by atoms with Crippen LogP contribution in [-0.2, 0) is 11.0 Å². The molecule has 0 aromatic heterocycles. The number of carbonyl (C=O) groups is 1. The third-order valence-electron chi connectivity index (χ3n) is 3.74. The Morgan fingerprint density at radius 1 is 1.08 bits per heavy atom. The molecule has 0 bridgehead atoms. The highest BCUT2D eigenvalue weighted by Gasteiger charge is 2.33. The first kappa shape index (κ1) is 17.5. The molecule has 0 fully saturated rings. The van der Waals surface area contributed by atoms with Crippen molar-refractivity contribution >= 4 is 5.97 Å².